The van der Waals surface area contributed by atoms with Crippen molar-refractivity contribution in [2.75, 3.05) is 38.4 Å². The number of halogens is 1. The van der Waals surface area contributed by atoms with Crippen molar-refractivity contribution in [2.24, 2.45) is 5.41 Å². The molecule has 1 fully saturated rings. The van der Waals surface area contributed by atoms with Gasteiger partial charge in [0.15, 0.2) is 0 Å². The number of nitrogens with two attached hydrogens (primary N) is 1. The van der Waals surface area contributed by atoms with E-state index in [2.05, 4.69) is 5.32 Å². The average molecular weight is 268 g/mol. The molecule has 0 unspecified atom stereocenters. The van der Waals surface area contributed by atoms with Gasteiger partial charge in [-0.3, -0.25) is 0 Å². The molecule has 1 aromatic rings. The molecule has 0 atom stereocenters. The largest absolute Gasteiger partial charge is 0.495 e. The highest BCUT2D eigenvalue weighted by molar-refractivity contribution is 5.62. The minimum Gasteiger partial charge on any atom is -0.495 e. The first kappa shape index (κ1) is 13.9. The summed E-state index contributed by atoms with van der Waals surface area (Å²) in [5.41, 5.74) is 6.66. The molecular formula is C14H21FN2O2. The Morgan fingerprint density at radius 2 is 2.11 bits per heavy atom. The number of ether oxygens (including phenoxy) is 2. The molecule has 0 aromatic heterocycles. The summed E-state index contributed by atoms with van der Waals surface area (Å²) < 4.78 is 24.0. The van der Waals surface area contributed by atoms with Gasteiger partial charge >= 0.3 is 0 Å². The smallest absolute Gasteiger partial charge is 0.148 e. The van der Waals surface area contributed by atoms with E-state index in [-0.39, 0.29) is 11.2 Å². The van der Waals surface area contributed by atoms with Crippen LogP contribution in [0, 0.1) is 11.2 Å². The molecule has 106 valence electrons. The maximum atomic E-state index is 13.8. The predicted octanol–water partition coefficient (Wildman–Crippen LogP) is 2.65. The van der Waals surface area contributed by atoms with Crippen LogP contribution < -0.4 is 15.8 Å². The van der Waals surface area contributed by atoms with E-state index in [9.17, 15) is 4.39 Å². The van der Waals surface area contributed by atoms with Gasteiger partial charge in [0, 0.05) is 32.4 Å². The maximum absolute atomic E-state index is 13.8. The lowest BCUT2D eigenvalue weighted by Gasteiger charge is -2.17. The van der Waals surface area contributed by atoms with Crippen LogP contribution in [0.1, 0.15) is 19.3 Å². The lowest BCUT2D eigenvalue weighted by atomic mass is 10.0. The van der Waals surface area contributed by atoms with E-state index in [4.69, 9.17) is 15.2 Å². The Kier molecular flexibility index (Phi) is 4.14. The SMILES string of the molecule is COCCC1(CNc2cc(OC)c(N)cc2F)CC1. The molecule has 0 bridgehead atoms. The standard InChI is InChI=1S/C14H21FN2O2/c1-18-6-5-14(3-4-14)9-17-12-8-13(19-2)11(16)7-10(12)15/h7-8,17H,3-6,9,16H2,1-2H3. The zero-order valence-corrected chi connectivity index (χ0v) is 11.5. The van der Waals surface area contributed by atoms with Crippen LogP contribution in [0.2, 0.25) is 0 Å². The van der Waals surface area contributed by atoms with Crippen molar-refractivity contribution in [3.8, 4) is 5.75 Å². The number of benzene rings is 1. The fourth-order valence-corrected chi connectivity index (χ4v) is 2.17. The van der Waals surface area contributed by atoms with Crippen molar-refractivity contribution < 1.29 is 13.9 Å². The van der Waals surface area contributed by atoms with Gasteiger partial charge in [0.1, 0.15) is 11.6 Å². The summed E-state index contributed by atoms with van der Waals surface area (Å²) in [6.07, 6.45) is 3.33. The molecule has 1 aliphatic rings. The molecule has 0 radical (unpaired) electrons. The summed E-state index contributed by atoms with van der Waals surface area (Å²) >= 11 is 0. The van der Waals surface area contributed by atoms with Crippen LogP contribution in [0.25, 0.3) is 0 Å². The van der Waals surface area contributed by atoms with Gasteiger partial charge in [0.25, 0.3) is 0 Å². The molecule has 0 aliphatic heterocycles. The van der Waals surface area contributed by atoms with Crippen molar-refractivity contribution in [3.63, 3.8) is 0 Å². The summed E-state index contributed by atoms with van der Waals surface area (Å²) in [5, 5.41) is 3.16. The second-order valence-electron chi connectivity index (χ2n) is 5.17. The zero-order valence-electron chi connectivity index (χ0n) is 11.5. The van der Waals surface area contributed by atoms with Crippen LogP contribution in [0.4, 0.5) is 15.8 Å². The summed E-state index contributed by atoms with van der Waals surface area (Å²) in [7, 11) is 3.22. The topological polar surface area (TPSA) is 56.5 Å². The lowest BCUT2D eigenvalue weighted by molar-refractivity contribution is 0.175. The zero-order chi connectivity index (χ0) is 13.9. The van der Waals surface area contributed by atoms with Gasteiger partial charge in [-0.15, -0.1) is 0 Å². The van der Waals surface area contributed by atoms with Gasteiger partial charge in [-0.25, -0.2) is 4.39 Å². The van der Waals surface area contributed by atoms with Gasteiger partial charge in [-0.1, -0.05) is 0 Å². The van der Waals surface area contributed by atoms with Crippen molar-refractivity contribution in [2.45, 2.75) is 19.3 Å². The van der Waals surface area contributed by atoms with Gasteiger partial charge in [0.05, 0.1) is 18.5 Å². The van der Waals surface area contributed by atoms with E-state index in [0.29, 0.717) is 17.1 Å². The van der Waals surface area contributed by atoms with Crippen molar-refractivity contribution >= 4 is 11.4 Å². The van der Waals surface area contributed by atoms with Crippen molar-refractivity contribution in [1.29, 1.82) is 0 Å². The van der Waals surface area contributed by atoms with Crippen LogP contribution in [0.3, 0.4) is 0 Å². The van der Waals surface area contributed by atoms with Crippen molar-refractivity contribution in [3.05, 3.63) is 17.9 Å². The fourth-order valence-electron chi connectivity index (χ4n) is 2.17. The Labute approximate surface area is 113 Å². The maximum Gasteiger partial charge on any atom is 0.148 e. The van der Waals surface area contributed by atoms with E-state index < -0.39 is 0 Å². The van der Waals surface area contributed by atoms with Crippen LogP contribution in [0.5, 0.6) is 5.75 Å². The summed E-state index contributed by atoms with van der Waals surface area (Å²) in [6, 6.07) is 2.90. The number of methoxy groups -OCH3 is 2. The molecule has 0 saturated heterocycles. The molecule has 1 aromatic carbocycles. The first-order valence-electron chi connectivity index (χ1n) is 6.46. The Balaban J connectivity index is 1.99. The quantitative estimate of drug-likeness (QED) is 0.746. The Morgan fingerprint density at radius 3 is 2.68 bits per heavy atom. The lowest BCUT2D eigenvalue weighted by Crippen LogP contribution is -2.18. The Hall–Kier alpha value is -1.49. The highest BCUT2D eigenvalue weighted by atomic mass is 19.1. The highest BCUT2D eigenvalue weighted by Crippen LogP contribution is 2.48. The van der Waals surface area contributed by atoms with Gasteiger partial charge in [-0.2, -0.15) is 0 Å². The number of hydrogen-bond donors (Lipinski definition) is 2. The van der Waals surface area contributed by atoms with Crippen LogP contribution >= 0.6 is 0 Å². The molecule has 4 nitrogen and oxygen atoms in total. The molecule has 2 rings (SSSR count). The van der Waals surface area contributed by atoms with E-state index in [0.717, 1.165) is 32.4 Å². The third kappa shape index (κ3) is 3.29. The van der Waals surface area contributed by atoms with E-state index >= 15 is 0 Å². The van der Waals surface area contributed by atoms with E-state index in [1.54, 1.807) is 13.2 Å². The molecule has 3 N–H and O–H groups in total. The second-order valence-corrected chi connectivity index (χ2v) is 5.17. The normalized spacial score (nSPS) is 16.2. The molecule has 0 amide bonds. The minimum atomic E-state index is -0.346. The predicted molar refractivity (Wildman–Crippen MR) is 74.0 cm³/mol. The van der Waals surface area contributed by atoms with Crippen LogP contribution in [-0.2, 0) is 4.74 Å². The number of hydrogen-bond acceptors (Lipinski definition) is 4. The molecular weight excluding hydrogens is 247 g/mol. The Morgan fingerprint density at radius 1 is 1.37 bits per heavy atom. The van der Waals surface area contributed by atoms with Gasteiger partial charge < -0.3 is 20.5 Å². The molecule has 0 spiro atoms. The van der Waals surface area contributed by atoms with Crippen molar-refractivity contribution in [1.82, 2.24) is 0 Å². The summed E-state index contributed by atoms with van der Waals surface area (Å²) in [5.74, 6) is 0.145. The molecule has 1 aliphatic carbocycles. The fraction of sp³-hybridized carbons (Fsp3) is 0.571. The Bertz CT molecular complexity index is 447. The average Bonchev–Trinajstić information content (AvgIpc) is 3.16. The number of rotatable bonds is 7. The number of nitrogens with one attached hydrogen (secondary N) is 1. The molecule has 1 saturated carbocycles. The van der Waals surface area contributed by atoms with Gasteiger partial charge in [0.2, 0.25) is 0 Å². The first-order valence-corrected chi connectivity index (χ1v) is 6.46. The minimum absolute atomic E-state index is 0.261. The third-order valence-electron chi connectivity index (χ3n) is 3.77. The molecule has 0 heterocycles. The number of nitrogen functional groups attached to an aromatic ring is 1. The van der Waals surface area contributed by atoms with Crippen LogP contribution in [-0.4, -0.2) is 27.4 Å². The number of anilines is 2. The molecule has 5 heteroatoms. The summed E-state index contributed by atoms with van der Waals surface area (Å²) in [6.45, 7) is 1.50. The van der Waals surface area contributed by atoms with Gasteiger partial charge in [-0.05, 0) is 24.7 Å². The monoisotopic (exact) mass is 268 g/mol. The summed E-state index contributed by atoms with van der Waals surface area (Å²) in [4.78, 5) is 0. The van der Waals surface area contributed by atoms with Crippen LogP contribution in [0.15, 0.2) is 12.1 Å². The third-order valence-corrected chi connectivity index (χ3v) is 3.77. The van der Waals surface area contributed by atoms with E-state index in [1.807, 2.05) is 0 Å². The van der Waals surface area contributed by atoms with E-state index in [1.165, 1.54) is 13.2 Å². The molecule has 19 heavy (non-hydrogen) atoms. The second kappa shape index (κ2) is 5.65. The first-order chi connectivity index (χ1) is 9.10. The highest BCUT2D eigenvalue weighted by Gasteiger charge is 2.41.